The number of hydrogen-bond donors (Lipinski definition) is 1. The van der Waals surface area contributed by atoms with E-state index in [0.29, 0.717) is 11.6 Å². The van der Waals surface area contributed by atoms with Gasteiger partial charge in [0.1, 0.15) is 6.07 Å². The van der Waals surface area contributed by atoms with Crippen molar-refractivity contribution in [3.8, 4) is 17.7 Å². The van der Waals surface area contributed by atoms with E-state index < -0.39 is 0 Å². The average molecular weight is 309 g/mol. The van der Waals surface area contributed by atoms with E-state index in [4.69, 9.17) is 9.47 Å². The lowest BCUT2D eigenvalue weighted by molar-refractivity contribution is 0.387. The van der Waals surface area contributed by atoms with Crippen LogP contribution in [0, 0.1) is 11.3 Å². The summed E-state index contributed by atoms with van der Waals surface area (Å²) in [6, 6.07) is 15.1. The average Bonchev–Trinajstić information content (AvgIpc) is 2.59. The van der Waals surface area contributed by atoms with E-state index >= 15 is 0 Å². The maximum absolute atomic E-state index is 9.27. The Morgan fingerprint density at radius 3 is 2.57 bits per heavy atom. The molecule has 1 aromatic carbocycles. The molecule has 5 nitrogen and oxygen atoms in total. The van der Waals surface area contributed by atoms with Gasteiger partial charge in [-0.2, -0.15) is 5.26 Å². The fourth-order valence-corrected chi connectivity index (χ4v) is 1.94. The second kappa shape index (κ2) is 7.85. The van der Waals surface area contributed by atoms with Crippen molar-refractivity contribution in [1.82, 2.24) is 4.98 Å². The van der Waals surface area contributed by atoms with Gasteiger partial charge in [-0.3, -0.25) is 0 Å². The van der Waals surface area contributed by atoms with E-state index in [1.54, 1.807) is 19.2 Å². The van der Waals surface area contributed by atoms with Crippen molar-refractivity contribution in [2.45, 2.75) is 19.8 Å². The number of anilines is 1. The van der Waals surface area contributed by atoms with Gasteiger partial charge in [-0.05, 0) is 24.1 Å². The number of allylic oxidation sites excluding steroid dienone is 1. The Hall–Kier alpha value is -3.00. The first kappa shape index (κ1) is 16.4. The molecule has 5 heteroatoms. The van der Waals surface area contributed by atoms with Gasteiger partial charge in [-0.15, -0.1) is 0 Å². The minimum atomic E-state index is 0.141. The van der Waals surface area contributed by atoms with Crippen molar-refractivity contribution >= 4 is 5.69 Å². The lowest BCUT2D eigenvalue weighted by atomic mass is 10.1. The second-order valence-electron chi connectivity index (χ2n) is 5.12. The first-order chi connectivity index (χ1) is 11.1. The summed E-state index contributed by atoms with van der Waals surface area (Å²) in [6.07, 6.45) is 1.53. The van der Waals surface area contributed by atoms with E-state index in [1.807, 2.05) is 50.2 Å². The zero-order valence-electron chi connectivity index (χ0n) is 13.4. The van der Waals surface area contributed by atoms with Gasteiger partial charge in [0.15, 0.2) is 5.75 Å². The summed E-state index contributed by atoms with van der Waals surface area (Å²) in [7, 11) is 1.57. The van der Waals surface area contributed by atoms with Crippen molar-refractivity contribution in [2.75, 3.05) is 12.4 Å². The topological polar surface area (TPSA) is 67.2 Å². The molecule has 0 radical (unpaired) electrons. The molecule has 23 heavy (non-hydrogen) atoms. The lowest BCUT2D eigenvalue weighted by Crippen LogP contribution is -2.03. The van der Waals surface area contributed by atoms with Crippen LogP contribution in [0.25, 0.3) is 0 Å². The molecular formula is C18H19N3O2. The smallest absolute Gasteiger partial charge is 0.220 e. The van der Waals surface area contributed by atoms with Gasteiger partial charge >= 0.3 is 0 Å². The largest absolute Gasteiger partial charge is 0.481 e. The molecule has 2 aromatic rings. The van der Waals surface area contributed by atoms with E-state index in [9.17, 15) is 5.26 Å². The van der Waals surface area contributed by atoms with E-state index in [0.717, 1.165) is 11.4 Å². The van der Waals surface area contributed by atoms with Crippen molar-refractivity contribution < 1.29 is 9.47 Å². The van der Waals surface area contributed by atoms with E-state index in [2.05, 4.69) is 10.3 Å². The second-order valence-corrected chi connectivity index (χ2v) is 5.12. The standard InChI is InChI=1S/C18H19N3O2/c1-13(2)18-16(9-10-17(21-18)22-3)23-15(11-19)12-20-14-7-5-4-6-8-14/h4-10,12-13,20H,1-3H3/b15-12+. The Morgan fingerprint density at radius 2 is 1.96 bits per heavy atom. The number of para-hydroxylation sites is 1. The fraction of sp³-hybridized carbons (Fsp3) is 0.222. The lowest BCUT2D eigenvalue weighted by Gasteiger charge is -2.13. The van der Waals surface area contributed by atoms with Crippen LogP contribution < -0.4 is 14.8 Å². The number of ether oxygens (including phenoxy) is 2. The molecule has 0 unspecified atom stereocenters. The van der Waals surface area contributed by atoms with Crippen LogP contribution in [0.15, 0.2) is 54.4 Å². The quantitative estimate of drug-likeness (QED) is 0.643. The summed E-state index contributed by atoms with van der Waals surface area (Å²) < 4.78 is 10.8. The summed E-state index contributed by atoms with van der Waals surface area (Å²) in [5.74, 6) is 1.36. The first-order valence-electron chi connectivity index (χ1n) is 7.28. The molecule has 0 saturated carbocycles. The Labute approximate surface area is 136 Å². The maximum atomic E-state index is 9.27. The number of nitriles is 1. The molecule has 118 valence electrons. The van der Waals surface area contributed by atoms with E-state index in [1.165, 1.54) is 6.20 Å². The van der Waals surface area contributed by atoms with Crippen LogP contribution in [-0.2, 0) is 0 Å². The summed E-state index contributed by atoms with van der Waals surface area (Å²) in [5, 5.41) is 12.3. The Balaban J connectivity index is 2.20. The normalized spacial score (nSPS) is 11.0. The van der Waals surface area contributed by atoms with Gasteiger partial charge in [0.05, 0.1) is 19.0 Å². The maximum Gasteiger partial charge on any atom is 0.220 e. The van der Waals surface area contributed by atoms with Gasteiger partial charge in [-0.1, -0.05) is 32.0 Å². The molecule has 1 N–H and O–H groups in total. The molecule has 1 aromatic heterocycles. The van der Waals surface area contributed by atoms with Crippen LogP contribution >= 0.6 is 0 Å². The number of aromatic nitrogens is 1. The molecule has 0 atom stereocenters. The number of rotatable bonds is 6. The summed E-state index contributed by atoms with van der Waals surface area (Å²) in [5.41, 5.74) is 1.62. The molecule has 0 aliphatic heterocycles. The molecule has 1 heterocycles. The van der Waals surface area contributed by atoms with Gasteiger partial charge in [0, 0.05) is 11.8 Å². The number of hydrogen-bond acceptors (Lipinski definition) is 5. The predicted molar refractivity (Wildman–Crippen MR) is 89.3 cm³/mol. The van der Waals surface area contributed by atoms with Crippen LogP contribution in [0.1, 0.15) is 25.5 Å². The third-order valence-corrected chi connectivity index (χ3v) is 3.09. The van der Waals surface area contributed by atoms with Gasteiger partial charge < -0.3 is 14.8 Å². The Bertz CT molecular complexity index is 719. The van der Waals surface area contributed by atoms with Crippen LogP contribution in [0.3, 0.4) is 0 Å². The van der Waals surface area contributed by atoms with Crippen molar-refractivity contribution in [3.05, 3.63) is 60.1 Å². The summed E-state index contributed by atoms with van der Waals surface area (Å²) >= 11 is 0. The molecular weight excluding hydrogens is 290 g/mol. The van der Waals surface area contributed by atoms with Crippen LogP contribution in [0.2, 0.25) is 0 Å². The monoisotopic (exact) mass is 309 g/mol. The number of benzene rings is 1. The Kier molecular flexibility index (Phi) is 5.59. The number of nitrogens with zero attached hydrogens (tertiary/aromatic N) is 2. The van der Waals surface area contributed by atoms with Gasteiger partial charge in [-0.25, -0.2) is 4.98 Å². The zero-order valence-corrected chi connectivity index (χ0v) is 13.4. The third kappa shape index (κ3) is 4.48. The number of nitrogens with one attached hydrogen (secondary N) is 1. The van der Waals surface area contributed by atoms with Crippen molar-refractivity contribution in [1.29, 1.82) is 5.26 Å². The molecule has 0 bridgehead atoms. The Morgan fingerprint density at radius 1 is 1.22 bits per heavy atom. The highest BCUT2D eigenvalue weighted by molar-refractivity contribution is 5.46. The highest BCUT2D eigenvalue weighted by Gasteiger charge is 2.13. The predicted octanol–water partition coefficient (Wildman–Crippen LogP) is 4.07. The fourth-order valence-electron chi connectivity index (χ4n) is 1.94. The van der Waals surface area contributed by atoms with Crippen LogP contribution in [-0.4, -0.2) is 12.1 Å². The molecule has 0 saturated heterocycles. The zero-order chi connectivity index (χ0) is 16.7. The van der Waals surface area contributed by atoms with Crippen molar-refractivity contribution in [3.63, 3.8) is 0 Å². The van der Waals surface area contributed by atoms with Gasteiger partial charge in [0.25, 0.3) is 0 Å². The summed E-state index contributed by atoms with van der Waals surface area (Å²) in [4.78, 5) is 4.39. The number of pyridine rings is 1. The molecule has 0 fully saturated rings. The molecule has 0 spiro atoms. The molecule has 0 aliphatic carbocycles. The molecule has 0 aliphatic rings. The highest BCUT2D eigenvalue weighted by Crippen LogP contribution is 2.28. The molecule has 0 amide bonds. The van der Waals surface area contributed by atoms with Crippen LogP contribution in [0.4, 0.5) is 5.69 Å². The number of methoxy groups -OCH3 is 1. The first-order valence-corrected chi connectivity index (χ1v) is 7.28. The van der Waals surface area contributed by atoms with Crippen molar-refractivity contribution in [2.24, 2.45) is 0 Å². The third-order valence-electron chi connectivity index (χ3n) is 3.09. The SMILES string of the molecule is COc1ccc(O/C(C#N)=C/Nc2ccccc2)c(C(C)C)n1. The summed E-state index contributed by atoms with van der Waals surface area (Å²) in [6.45, 7) is 4.01. The van der Waals surface area contributed by atoms with Gasteiger partial charge in [0.2, 0.25) is 11.6 Å². The minimum absolute atomic E-state index is 0.141. The highest BCUT2D eigenvalue weighted by atomic mass is 16.5. The minimum Gasteiger partial charge on any atom is -0.481 e. The van der Waals surface area contributed by atoms with Crippen LogP contribution in [0.5, 0.6) is 11.6 Å². The molecule has 2 rings (SSSR count). The van der Waals surface area contributed by atoms with E-state index in [-0.39, 0.29) is 11.7 Å².